The maximum atomic E-state index is 6.11. The third-order valence-electron chi connectivity index (χ3n) is 2.26. The summed E-state index contributed by atoms with van der Waals surface area (Å²) in [7, 11) is 3.14. The van der Waals surface area contributed by atoms with E-state index in [1.54, 1.807) is 26.4 Å². The molecule has 1 aromatic heterocycles. The van der Waals surface area contributed by atoms with Crippen LogP contribution < -0.4 is 9.47 Å². The Morgan fingerprint density at radius 1 is 1.12 bits per heavy atom. The molecule has 0 saturated carbocycles. The normalized spacial score (nSPS) is 10.5. The summed E-state index contributed by atoms with van der Waals surface area (Å²) in [5, 5.41) is 1.53. The third-order valence-corrected chi connectivity index (χ3v) is 3.03. The third kappa shape index (κ3) is 1.77. The minimum Gasteiger partial charge on any atom is -0.497 e. The number of ether oxygens (including phenoxy) is 2. The first-order chi connectivity index (χ1) is 7.67. The lowest BCUT2D eigenvalue weighted by Crippen LogP contribution is -1.91. The predicted molar refractivity (Wildman–Crippen MR) is 64.9 cm³/mol. The number of rotatable bonds is 2. The molecule has 0 amide bonds. The lowest BCUT2D eigenvalue weighted by Gasteiger charge is -2.09. The summed E-state index contributed by atoms with van der Waals surface area (Å²) in [6, 6.07) is 3.52. The van der Waals surface area contributed by atoms with Gasteiger partial charge in [0.05, 0.1) is 35.2 Å². The second-order valence-electron chi connectivity index (χ2n) is 3.14. The molecule has 1 heterocycles. The quantitative estimate of drug-likeness (QED) is 0.825. The average molecular weight is 258 g/mol. The highest BCUT2D eigenvalue weighted by molar-refractivity contribution is 6.45. The van der Waals surface area contributed by atoms with Gasteiger partial charge >= 0.3 is 0 Å². The lowest BCUT2D eigenvalue weighted by atomic mass is 10.2. The number of pyridine rings is 1. The van der Waals surface area contributed by atoms with Crippen LogP contribution in [0.2, 0.25) is 10.0 Å². The van der Waals surface area contributed by atoms with Gasteiger partial charge in [-0.3, -0.25) is 4.98 Å². The number of hydrogen-bond acceptors (Lipinski definition) is 3. The van der Waals surface area contributed by atoms with E-state index in [4.69, 9.17) is 32.7 Å². The zero-order valence-electron chi connectivity index (χ0n) is 8.75. The van der Waals surface area contributed by atoms with Crippen molar-refractivity contribution < 1.29 is 9.47 Å². The van der Waals surface area contributed by atoms with E-state index in [1.165, 1.54) is 6.20 Å². The summed E-state index contributed by atoms with van der Waals surface area (Å²) in [5.41, 5.74) is 0.686. The van der Waals surface area contributed by atoms with E-state index in [1.807, 2.05) is 0 Å². The molecule has 0 aliphatic heterocycles. The Morgan fingerprint density at radius 3 is 2.50 bits per heavy atom. The van der Waals surface area contributed by atoms with E-state index in [0.717, 1.165) is 0 Å². The fraction of sp³-hybridized carbons (Fsp3) is 0.182. The van der Waals surface area contributed by atoms with Gasteiger partial charge in [-0.25, -0.2) is 0 Å². The van der Waals surface area contributed by atoms with Gasteiger partial charge in [0.15, 0.2) is 0 Å². The molecule has 0 radical (unpaired) electrons. The van der Waals surface area contributed by atoms with Gasteiger partial charge in [0, 0.05) is 18.3 Å². The Morgan fingerprint density at radius 2 is 1.88 bits per heavy atom. The van der Waals surface area contributed by atoms with Crippen LogP contribution in [0.3, 0.4) is 0 Å². The molecule has 0 aliphatic carbocycles. The molecule has 0 atom stereocenters. The van der Waals surface area contributed by atoms with Crippen LogP contribution in [0.15, 0.2) is 18.3 Å². The second kappa shape index (κ2) is 4.36. The number of fused-ring (bicyclic) bond motifs is 1. The van der Waals surface area contributed by atoms with E-state index in [9.17, 15) is 0 Å². The van der Waals surface area contributed by atoms with Crippen molar-refractivity contribution in [2.45, 2.75) is 0 Å². The second-order valence-corrected chi connectivity index (χ2v) is 3.93. The van der Waals surface area contributed by atoms with Crippen molar-refractivity contribution in [1.82, 2.24) is 4.98 Å². The molecule has 84 valence electrons. The monoisotopic (exact) mass is 257 g/mol. The maximum Gasteiger partial charge on any atom is 0.133 e. The van der Waals surface area contributed by atoms with Crippen molar-refractivity contribution in [3.63, 3.8) is 0 Å². The van der Waals surface area contributed by atoms with E-state index < -0.39 is 0 Å². The SMILES string of the molecule is COc1cc(OC)c2c(Cl)c(Cl)cnc2c1. The molecule has 0 fully saturated rings. The van der Waals surface area contributed by atoms with E-state index in [-0.39, 0.29) is 0 Å². The van der Waals surface area contributed by atoms with Crippen LogP contribution in [0.4, 0.5) is 0 Å². The molecule has 3 nitrogen and oxygen atoms in total. The zero-order valence-corrected chi connectivity index (χ0v) is 10.3. The molecule has 0 saturated heterocycles. The molecular formula is C11H9Cl2NO2. The van der Waals surface area contributed by atoms with Crippen LogP contribution in [-0.2, 0) is 0 Å². The summed E-state index contributed by atoms with van der Waals surface area (Å²) >= 11 is 12.0. The average Bonchev–Trinajstić information content (AvgIpc) is 2.32. The number of hydrogen-bond donors (Lipinski definition) is 0. The molecular weight excluding hydrogens is 249 g/mol. The number of methoxy groups -OCH3 is 2. The van der Waals surface area contributed by atoms with Gasteiger partial charge in [-0.2, -0.15) is 0 Å². The summed E-state index contributed by atoms with van der Waals surface area (Å²) in [6.07, 6.45) is 1.51. The fourth-order valence-electron chi connectivity index (χ4n) is 1.48. The Labute approximate surface area is 103 Å². The number of benzene rings is 1. The topological polar surface area (TPSA) is 31.4 Å². The minimum atomic E-state index is 0.401. The van der Waals surface area contributed by atoms with Gasteiger partial charge < -0.3 is 9.47 Å². The Hall–Kier alpha value is -1.19. The van der Waals surface area contributed by atoms with Crippen molar-refractivity contribution in [3.05, 3.63) is 28.4 Å². The largest absolute Gasteiger partial charge is 0.497 e. The lowest BCUT2D eigenvalue weighted by molar-refractivity contribution is 0.398. The molecule has 0 bridgehead atoms. The molecule has 5 heteroatoms. The van der Waals surface area contributed by atoms with Crippen molar-refractivity contribution in [3.8, 4) is 11.5 Å². The standard InChI is InChI=1S/C11H9Cl2NO2/c1-15-6-3-8-10(9(4-6)16-2)11(13)7(12)5-14-8/h3-5H,1-2H3. The molecule has 2 aromatic rings. The maximum absolute atomic E-state index is 6.11. The molecule has 2 rings (SSSR count). The van der Waals surface area contributed by atoms with Gasteiger partial charge in [0.1, 0.15) is 11.5 Å². The summed E-state index contributed by atoms with van der Waals surface area (Å²) in [4.78, 5) is 4.18. The number of nitrogens with zero attached hydrogens (tertiary/aromatic N) is 1. The van der Waals surface area contributed by atoms with Crippen molar-refractivity contribution in [1.29, 1.82) is 0 Å². The van der Waals surface area contributed by atoms with Crippen LogP contribution in [0, 0.1) is 0 Å². The highest BCUT2D eigenvalue weighted by Gasteiger charge is 2.12. The smallest absolute Gasteiger partial charge is 0.133 e. The number of halogens is 2. The Balaban J connectivity index is 2.84. The molecule has 0 aliphatic rings. The Kier molecular flexibility index (Phi) is 3.08. The first-order valence-electron chi connectivity index (χ1n) is 4.53. The molecule has 1 aromatic carbocycles. The van der Waals surface area contributed by atoms with Crippen molar-refractivity contribution >= 4 is 34.1 Å². The van der Waals surface area contributed by atoms with Crippen LogP contribution in [0.25, 0.3) is 10.9 Å². The zero-order chi connectivity index (χ0) is 11.7. The van der Waals surface area contributed by atoms with Gasteiger partial charge in [-0.1, -0.05) is 23.2 Å². The number of aromatic nitrogens is 1. The first kappa shape index (κ1) is 11.3. The predicted octanol–water partition coefficient (Wildman–Crippen LogP) is 3.56. The van der Waals surface area contributed by atoms with E-state index >= 15 is 0 Å². The highest BCUT2D eigenvalue weighted by Crippen LogP contribution is 2.37. The first-order valence-corrected chi connectivity index (χ1v) is 5.28. The van der Waals surface area contributed by atoms with Crippen molar-refractivity contribution in [2.75, 3.05) is 14.2 Å². The molecule has 0 N–H and O–H groups in total. The van der Waals surface area contributed by atoms with Gasteiger partial charge in [-0.05, 0) is 0 Å². The highest BCUT2D eigenvalue weighted by atomic mass is 35.5. The van der Waals surface area contributed by atoms with Crippen molar-refractivity contribution in [2.24, 2.45) is 0 Å². The minimum absolute atomic E-state index is 0.401. The van der Waals surface area contributed by atoms with Crippen LogP contribution in [0.1, 0.15) is 0 Å². The summed E-state index contributed by atoms with van der Waals surface area (Å²) in [5.74, 6) is 1.25. The Bertz CT molecular complexity index is 543. The van der Waals surface area contributed by atoms with Gasteiger partial charge in [0.25, 0.3) is 0 Å². The molecule has 16 heavy (non-hydrogen) atoms. The van der Waals surface area contributed by atoms with Gasteiger partial charge in [-0.15, -0.1) is 0 Å². The molecule has 0 spiro atoms. The van der Waals surface area contributed by atoms with Crippen LogP contribution in [0.5, 0.6) is 11.5 Å². The molecule has 0 unspecified atom stereocenters. The van der Waals surface area contributed by atoms with Crippen LogP contribution in [-0.4, -0.2) is 19.2 Å². The summed E-state index contributed by atoms with van der Waals surface area (Å²) in [6.45, 7) is 0. The van der Waals surface area contributed by atoms with Gasteiger partial charge in [0.2, 0.25) is 0 Å². The van der Waals surface area contributed by atoms with Crippen LogP contribution >= 0.6 is 23.2 Å². The fourth-order valence-corrected chi connectivity index (χ4v) is 1.86. The summed E-state index contributed by atoms with van der Waals surface area (Å²) < 4.78 is 10.4. The van der Waals surface area contributed by atoms with E-state index in [2.05, 4.69) is 4.98 Å². The van der Waals surface area contributed by atoms with E-state index in [0.29, 0.717) is 32.4 Å².